The Labute approximate surface area is 203 Å². The van der Waals surface area contributed by atoms with Crippen LogP contribution >= 0.6 is 0 Å². The van der Waals surface area contributed by atoms with Crippen LogP contribution in [0.15, 0.2) is 17.7 Å². The third kappa shape index (κ3) is 6.08. The lowest BCUT2D eigenvalue weighted by atomic mass is 9.59. The Hall–Kier alpha value is -2.63. The monoisotopic (exact) mass is 472 g/mol. The topological polar surface area (TPSA) is 101 Å². The molecule has 34 heavy (non-hydrogen) atoms. The molecule has 0 radical (unpaired) electrons. The van der Waals surface area contributed by atoms with Gasteiger partial charge in [0.25, 0.3) is 0 Å². The minimum atomic E-state index is -0.535. The van der Waals surface area contributed by atoms with Gasteiger partial charge in [0.05, 0.1) is 5.56 Å². The van der Waals surface area contributed by atoms with Crippen molar-refractivity contribution in [1.82, 2.24) is 0 Å². The number of aryl methyl sites for hydroxylation is 1. The molecular weight excluding hydrogens is 432 g/mol. The molecular formula is C28H40O6. The van der Waals surface area contributed by atoms with Crippen LogP contribution in [0.4, 0.5) is 0 Å². The van der Waals surface area contributed by atoms with Gasteiger partial charge in [0.2, 0.25) is 0 Å². The zero-order chi connectivity index (χ0) is 25.8. The number of hydrogen-bond donors (Lipinski definition) is 2. The van der Waals surface area contributed by atoms with Crippen molar-refractivity contribution in [3.05, 3.63) is 34.4 Å². The molecule has 0 unspecified atom stereocenters. The molecule has 0 heterocycles. The number of phenolic OH excluding ortho intramolecular Hbond substituents is 2. The fourth-order valence-corrected chi connectivity index (χ4v) is 4.90. The van der Waals surface area contributed by atoms with Gasteiger partial charge in [-0.3, -0.25) is 14.4 Å². The molecule has 188 valence electrons. The maximum absolute atomic E-state index is 12.6. The summed E-state index contributed by atoms with van der Waals surface area (Å²) in [5.41, 5.74) is 1.34. The van der Waals surface area contributed by atoms with Crippen LogP contribution in [0, 0.1) is 30.1 Å². The van der Waals surface area contributed by atoms with Gasteiger partial charge < -0.3 is 14.9 Å². The van der Waals surface area contributed by atoms with Gasteiger partial charge >= 0.3 is 5.97 Å². The molecule has 1 aromatic rings. The molecule has 4 atom stereocenters. The van der Waals surface area contributed by atoms with E-state index in [-0.39, 0.29) is 58.1 Å². The van der Waals surface area contributed by atoms with E-state index in [1.807, 2.05) is 33.8 Å². The molecule has 2 N–H and O–H groups in total. The van der Waals surface area contributed by atoms with E-state index in [0.29, 0.717) is 37.0 Å². The van der Waals surface area contributed by atoms with E-state index in [9.17, 15) is 24.6 Å². The van der Waals surface area contributed by atoms with Gasteiger partial charge in [0, 0.05) is 24.3 Å². The maximum atomic E-state index is 12.6. The van der Waals surface area contributed by atoms with Crippen molar-refractivity contribution < 1.29 is 29.3 Å². The van der Waals surface area contributed by atoms with Crippen LogP contribution in [0.5, 0.6) is 11.5 Å². The highest BCUT2D eigenvalue weighted by atomic mass is 16.5. The molecule has 0 spiro atoms. The Balaban J connectivity index is 2.39. The van der Waals surface area contributed by atoms with E-state index in [4.69, 9.17) is 4.74 Å². The molecule has 1 aliphatic carbocycles. The van der Waals surface area contributed by atoms with Crippen molar-refractivity contribution >= 4 is 18.0 Å². The number of aromatic hydroxyl groups is 2. The van der Waals surface area contributed by atoms with Crippen LogP contribution in [-0.4, -0.2) is 34.4 Å². The number of carbonyl (C=O) groups is 3. The van der Waals surface area contributed by atoms with E-state index < -0.39 is 6.10 Å². The Morgan fingerprint density at radius 3 is 2.53 bits per heavy atom. The van der Waals surface area contributed by atoms with Crippen LogP contribution in [0.2, 0.25) is 0 Å². The molecule has 6 heteroatoms. The number of allylic oxidation sites excluding steroid dienone is 1. The first-order chi connectivity index (χ1) is 15.8. The second kappa shape index (κ2) is 11.2. The quantitative estimate of drug-likeness (QED) is 0.272. The predicted molar refractivity (Wildman–Crippen MR) is 132 cm³/mol. The zero-order valence-corrected chi connectivity index (χ0v) is 21.6. The summed E-state index contributed by atoms with van der Waals surface area (Å²) in [6.07, 6.45) is 4.23. The van der Waals surface area contributed by atoms with Crippen LogP contribution in [0.25, 0.3) is 0 Å². The second-order valence-corrected chi connectivity index (χ2v) is 10.6. The summed E-state index contributed by atoms with van der Waals surface area (Å²) in [5, 5.41) is 20.9. The minimum Gasteiger partial charge on any atom is -0.508 e. The van der Waals surface area contributed by atoms with Gasteiger partial charge in [-0.15, -0.1) is 0 Å². The van der Waals surface area contributed by atoms with Crippen molar-refractivity contribution in [2.75, 3.05) is 0 Å². The molecule has 6 nitrogen and oxygen atoms in total. The Bertz CT molecular complexity index is 960. The molecule has 0 amide bonds. The fraction of sp³-hybridized carbons (Fsp3) is 0.607. The SMILES string of the molecule is CC(=CCc1c(O)cc(C)c(C=O)c1O)[C@H](C[C@@]1(C)[C@H](C)CCC(=O)[C@@H]1C)OC(=O)CC(C)C. The molecule has 0 aliphatic heterocycles. The highest BCUT2D eigenvalue weighted by molar-refractivity contribution is 5.83. The number of ketones is 1. The largest absolute Gasteiger partial charge is 0.508 e. The molecule has 1 aliphatic rings. The van der Waals surface area contributed by atoms with Crippen LogP contribution in [-0.2, 0) is 20.7 Å². The molecule has 0 aromatic heterocycles. The van der Waals surface area contributed by atoms with E-state index in [2.05, 4.69) is 13.8 Å². The summed E-state index contributed by atoms with van der Waals surface area (Å²) in [7, 11) is 0. The van der Waals surface area contributed by atoms with Crippen molar-refractivity contribution in [2.24, 2.45) is 23.2 Å². The smallest absolute Gasteiger partial charge is 0.306 e. The molecule has 0 bridgehead atoms. The summed E-state index contributed by atoms with van der Waals surface area (Å²) in [6, 6.07) is 1.46. The Kier molecular flexibility index (Phi) is 9.09. The number of esters is 1. The van der Waals surface area contributed by atoms with Crippen molar-refractivity contribution in [1.29, 1.82) is 0 Å². The zero-order valence-electron chi connectivity index (χ0n) is 21.6. The first-order valence-electron chi connectivity index (χ1n) is 12.2. The molecule has 0 saturated heterocycles. The summed E-state index contributed by atoms with van der Waals surface area (Å²) in [5.74, 6) is -0.0730. The van der Waals surface area contributed by atoms with Crippen molar-refractivity contribution in [3.8, 4) is 11.5 Å². The number of hydrogen-bond acceptors (Lipinski definition) is 6. The Morgan fingerprint density at radius 2 is 1.94 bits per heavy atom. The molecule has 1 fully saturated rings. The number of carbonyl (C=O) groups excluding carboxylic acids is 3. The number of rotatable bonds is 9. The third-order valence-corrected chi connectivity index (χ3v) is 7.78. The second-order valence-electron chi connectivity index (χ2n) is 10.6. The van der Waals surface area contributed by atoms with Gasteiger partial charge in [0.15, 0.2) is 6.29 Å². The van der Waals surface area contributed by atoms with E-state index >= 15 is 0 Å². The van der Waals surface area contributed by atoms with Crippen molar-refractivity contribution in [3.63, 3.8) is 0 Å². The number of phenols is 2. The van der Waals surface area contributed by atoms with E-state index in [1.165, 1.54) is 6.07 Å². The minimum absolute atomic E-state index is 0.0925. The van der Waals surface area contributed by atoms with Crippen LogP contribution in [0.1, 0.15) is 88.7 Å². The normalized spacial score (nSPS) is 24.2. The van der Waals surface area contributed by atoms with Gasteiger partial charge in [-0.25, -0.2) is 0 Å². The standard InChI is InChI=1S/C28H40O6/c1-16(2)12-26(32)34-25(14-28(7)19(5)9-11-23(30)20(28)6)17(3)8-10-21-24(31)13-18(4)22(15-29)27(21)33/h8,13,15-16,19-20,25,31,33H,9-12,14H2,1-7H3/t19-,20+,25+,28+/m1/s1. The lowest BCUT2D eigenvalue weighted by Gasteiger charge is -2.45. The first-order valence-corrected chi connectivity index (χ1v) is 12.2. The average molecular weight is 473 g/mol. The van der Waals surface area contributed by atoms with Gasteiger partial charge in [-0.2, -0.15) is 0 Å². The number of aldehydes is 1. The van der Waals surface area contributed by atoms with Gasteiger partial charge in [-0.1, -0.05) is 40.7 Å². The fourth-order valence-electron chi connectivity index (χ4n) is 4.90. The number of Topliss-reactive ketones (excluding diaryl/α,β-unsaturated/α-hetero) is 1. The average Bonchev–Trinajstić information content (AvgIpc) is 2.74. The first kappa shape index (κ1) is 27.6. The van der Waals surface area contributed by atoms with Crippen molar-refractivity contribution in [2.45, 2.75) is 86.7 Å². The Morgan fingerprint density at radius 1 is 1.29 bits per heavy atom. The van der Waals surface area contributed by atoms with E-state index in [0.717, 1.165) is 12.0 Å². The highest BCUT2D eigenvalue weighted by Crippen LogP contribution is 2.48. The molecule has 2 rings (SSSR count). The lowest BCUT2D eigenvalue weighted by molar-refractivity contribution is -0.151. The summed E-state index contributed by atoms with van der Waals surface area (Å²) < 4.78 is 5.94. The predicted octanol–water partition coefficient (Wildman–Crippen LogP) is 5.70. The summed E-state index contributed by atoms with van der Waals surface area (Å²) >= 11 is 0. The summed E-state index contributed by atoms with van der Waals surface area (Å²) in [6.45, 7) is 13.6. The van der Waals surface area contributed by atoms with E-state index in [1.54, 1.807) is 6.92 Å². The molecule has 1 saturated carbocycles. The number of ether oxygens (including phenoxy) is 1. The third-order valence-electron chi connectivity index (χ3n) is 7.78. The lowest BCUT2D eigenvalue weighted by Crippen LogP contribution is -2.44. The highest BCUT2D eigenvalue weighted by Gasteiger charge is 2.45. The number of benzene rings is 1. The van der Waals surface area contributed by atoms with Gasteiger partial charge in [0.1, 0.15) is 23.4 Å². The van der Waals surface area contributed by atoms with Gasteiger partial charge in [-0.05, 0) is 67.6 Å². The molecule has 1 aromatic carbocycles. The maximum Gasteiger partial charge on any atom is 0.306 e. The van der Waals surface area contributed by atoms with Crippen LogP contribution < -0.4 is 0 Å². The summed E-state index contributed by atoms with van der Waals surface area (Å²) in [4.78, 5) is 36.5. The van der Waals surface area contributed by atoms with Crippen LogP contribution in [0.3, 0.4) is 0 Å².